The third-order valence-electron chi connectivity index (χ3n) is 4.04. The average Bonchev–Trinajstić information content (AvgIpc) is 2.84. The van der Waals surface area contributed by atoms with Crippen LogP contribution in [0.25, 0.3) is 0 Å². The summed E-state index contributed by atoms with van der Waals surface area (Å²) < 4.78 is 5.11. The summed E-state index contributed by atoms with van der Waals surface area (Å²) >= 11 is 0. The van der Waals surface area contributed by atoms with Crippen LogP contribution in [0.15, 0.2) is 48.5 Å². The Labute approximate surface area is 130 Å². The molecule has 0 aromatic heterocycles. The van der Waals surface area contributed by atoms with E-state index in [0.29, 0.717) is 12.6 Å². The molecule has 0 saturated heterocycles. The second-order valence-corrected chi connectivity index (χ2v) is 5.59. The molecule has 22 heavy (non-hydrogen) atoms. The highest BCUT2D eigenvalue weighted by atomic mass is 16.5. The number of para-hydroxylation sites is 1. The Morgan fingerprint density at radius 3 is 2.68 bits per heavy atom. The molecule has 0 saturated carbocycles. The first-order valence-electron chi connectivity index (χ1n) is 7.46. The van der Waals surface area contributed by atoms with Crippen molar-refractivity contribution in [2.24, 2.45) is 0 Å². The van der Waals surface area contributed by atoms with Crippen molar-refractivity contribution in [3.05, 3.63) is 54.1 Å². The normalized spacial score (nSPS) is 16.3. The van der Waals surface area contributed by atoms with E-state index in [1.54, 1.807) is 7.11 Å². The lowest BCUT2D eigenvalue weighted by Gasteiger charge is -2.24. The Balaban J connectivity index is 1.66. The van der Waals surface area contributed by atoms with Gasteiger partial charge in [-0.25, -0.2) is 0 Å². The van der Waals surface area contributed by atoms with Crippen LogP contribution in [-0.2, 0) is 11.2 Å². The van der Waals surface area contributed by atoms with Crippen molar-refractivity contribution in [1.29, 1.82) is 0 Å². The molecule has 2 aromatic rings. The van der Waals surface area contributed by atoms with Crippen LogP contribution >= 0.6 is 0 Å². The zero-order valence-corrected chi connectivity index (χ0v) is 12.9. The predicted molar refractivity (Wildman–Crippen MR) is 88.6 cm³/mol. The van der Waals surface area contributed by atoms with Gasteiger partial charge in [-0.15, -0.1) is 0 Å². The monoisotopic (exact) mass is 296 g/mol. The molecule has 0 bridgehead atoms. The fourth-order valence-electron chi connectivity index (χ4n) is 2.90. The van der Waals surface area contributed by atoms with Crippen molar-refractivity contribution in [2.75, 3.05) is 23.9 Å². The third kappa shape index (κ3) is 2.91. The number of nitrogens with zero attached hydrogens (tertiary/aromatic N) is 1. The van der Waals surface area contributed by atoms with Crippen molar-refractivity contribution >= 4 is 17.3 Å². The van der Waals surface area contributed by atoms with E-state index in [-0.39, 0.29) is 5.91 Å². The molecule has 0 unspecified atom stereocenters. The minimum absolute atomic E-state index is 0.00581. The van der Waals surface area contributed by atoms with E-state index in [1.165, 1.54) is 11.3 Å². The number of carbonyl (C=O) groups is 1. The molecule has 1 amide bonds. The van der Waals surface area contributed by atoms with Crippen molar-refractivity contribution < 1.29 is 9.53 Å². The van der Waals surface area contributed by atoms with Crippen molar-refractivity contribution in [3.8, 4) is 5.75 Å². The maximum Gasteiger partial charge on any atom is 0.243 e. The van der Waals surface area contributed by atoms with E-state index in [4.69, 9.17) is 4.74 Å². The molecule has 1 atom stereocenters. The van der Waals surface area contributed by atoms with Crippen molar-refractivity contribution in [2.45, 2.75) is 19.4 Å². The van der Waals surface area contributed by atoms with Crippen LogP contribution in [0.4, 0.5) is 11.4 Å². The number of ether oxygens (including phenoxy) is 1. The van der Waals surface area contributed by atoms with Gasteiger partial charge in [0.15, 0.2) is 0 Å². The van der Waals surface area contributed by atoms with Crippen LogP contribution in [0.1, 0.15) is 12.5 Å². The summed E-state index contributed by atoms with van der Waals surface area (Å²) in [7, 11) is 1.62. The van der Waals surface area contributed by atoms with Gasteiger partial charge in [0.05, 0.1) is 13.7 Å². The standard InChI is InChI=1S/C18H20N2O2/c1-13-11-14-5-3-4-6-17(14)20(13)12-18(21)19-15-7-9-16(22-2)10-8-15/h3-10,13H,11-12H2,1-2H3,(H,19,21)/t13-/m0/s1. The molecule has 1 N–H and O–H groups in total. The van der Waals surface area contributed by atoms with Gasteiger partial charge in [0.25, 0.3) is 0 Å². The summed E-state index contributed by atoms with van der Waals surface area (Å²) in [6, 6.07) is 16.0. The number of hydrogen-bond donors (Lipinski definition) is 1. The lowest BCUT2D eigenvalue weighted by Crippen LogP contribution is -2.37. The molecule has 0 spiro atoms. The van der Waals surface area contributed by atoms with Crippen molar-refractivity contribution in [3.63, 3.8) is 0 Å². The lowest BCUT2D eigenvalue weighted by atomic mass is 10.1. The highest BCUT2D eigenvalue weighted by Gasteiger charge is 2.26. The zero-order chi connectivity index (χ0) is 15.5. The maximum atomic E-state index is 12.3. The van der Waals surface area contributed by atoms with Gasteiger partial charge in [-0.05, 0) is 49.2 Å². The minimum atomic E-state index is -0.00581. The van der Waals surface area contributed by atoms with Crippen LogP contribution in [0.5, 0.6) is 5.75 Å². The van der Waals surface area contributed by atoms with E-state index in [1.807, 2.05) is 36.4 Å². The van der Waals surface area contributed by atoms with Gasteiger partial charge in [0.1, 0.15) is 5.75 Å². The van der Waals surface area contributed by atoms with Gasteiger partial charge >= 0.3 is 0 Å². The molecular weight excluding hydrogens is 276 g/mol. The number of nitrogens with one attached hydrogen (secondary N) is 1. The quantitative estimate of drug-likeness (QED) is 0.942. The van der Waals surface area contributed by atoms with Gasteiger partial charge in [0.2, 0.25) is 5.91 Å². The second kappa shape index (κ2) is 6.10. The number of carbonyl (C=O) groups excluding carboxylic acids is 1. The smallest absolute Gasteiger partial charge is 0.243 e. The molecule has 4 heteroatoms. The summed E-state index contributed by atoms with van der Waals surface area (Å²) in [6.45, 7) is 2.52. The molecule has 3 rings (SSSR count). The Kier molecular flexibility index (Phi) is 4.00. The minimum Gasteiger partial charge on any atom is -0.497 e. The Morgan fingerprint density at radius 2 is 1.95 bits per heavy atom. The average molecular weight is 296 g/mol. The first-order chi connectivity index (χ1) is 10.7. The van der Waals surface area contributed by atoms with Crippen LogP contribution in [-0.4, -0.2) is 25.6 Å². The van der Waals surface area contributed by atoms with Gasteiger partial charge in [0, 0.05) is 17.4 Å². The number of fused-ring (bicyclic) bond motifs is 1. The molecule has 0 aliphatic carbocycles. The van der Waals surface area contributed by atoms with Gasteiger partial charge < -0.3 is 15.0 Å². The van der Waals surface area contributed by atoms with E-state index in [2.05, 4.69) is 29.3 Å². The summed E-state index contributed by atoms with van der Waals surface area (Å²) in [5, 5.41) is 2.94. The highest BCUT2D eigenvalue weighted by molar-refractivity contribution is 5.94. The molecule has 2 aromatic carbocycles. The molecule has 114 valence electrons. The summed E-state index contributed by atoms with van der Waals surface area (Å²) in [4.78, 5) is 14.5. The first-order valence-corrected chi connectivity index (χ1v) is 7.46. The molecule has 0 radical (unpaired) electrons. The van der Waals surface area contributed by atoms with Crippen LogP contribution < -0.4 is 15.0 Å². The SMILES string of the molecule is COc1ccc(NC(=O)CN2c3ccccc3C[C@@H]2C)cc1. The lowest BCUT2D eigenvalue weighted by molar-refractivity contribution is -0.115. The Morgan fingerprint density at radius 1 is 1.23 bits per heavy atom. The van der Waals surface area contributed by atoms with E-state index >= 15 is 0 Å². The summed E-state index contributed by atoms with van der Waals surface area (Å²) in [6.07, 6.45) is 0.992. The van der Waals surface area contributed by atoms with E-state index in [0.717, 1.165) is 17.9 Å². The van der Waals surface area contributed by atoms with Crippen LogP contribution in [0.3, 0.4) is 0 Å². The predicted octanol–water partition coefficient (Wildman–Crippen LogP) is 3.08. The van der Waals surface area contributed by atoms with E-state index < -0.39 is 0 Å². The number of anilines is 2. The largest absolute Gasteiger partial charge is 0.497 e. The molecule has 1 aliphatic heterocycles. The number of methoxy groups -OCH3 is 1. The van der Waals surface area contributed by atoms with Crippen LogP contribution in [0.2, 0.25) is 0 Å². The number of amides is 1. The summed E-state index contributed by atoms with van der Waals surface area (Å²) in [5.74, 6) is 0.772. The molecule has 4 nitrogen and oxygen atoms in total. The fraction of sp³-hybridized carbons (Fsp3) is 0.278. The third-order valence-corrected chi connectivity index (χ3v) is 4.04. The molecule has 1 heterocycles. The fourth-order valence-corrected chi connectivity index (χ4v) is 2.90. The number of hydrogen-bond acceptors (Lipinski definition) is 3. The summed E-state index contributed by atoms with van der Waals surface area (Å²) in [5.41, 5.74) is 3.26. The molecular formula is C18H20N2O2. The number of benzene rings is 2. The maximum absolute atomic E-state index is 12.3. The Bertz CT molecular complexity index is 667. The zero-order valence-electron chi connectivity index (χ0n) is 12.9. The molecule has 1 aliphatic rings. The van der Waals surface area contributed by atoms with Crippen molar-refractivity contribution in [1.82, 2.24) is 0 Å². The van der Waals surface area contributed by atoms with Crippen LogP contribution in [0, 0.1) is 0 Å². The Hall–Kier alpha value is -2.49. The first kappa shape index (κ1) is 14.4. The topological polar surface area (TPSA) is 41.6 Å². The van der Waals surface area contributed by atoms with Gasteiger partial charge in [-0.3, -0.25) is 4.79 Å². The van der Waals surface area contributed by atoms with E-state index in [9.17, 15) is 4.79 Å². The van der Waals surface area contributed by atoms with Gasteiger partial charge in [-0.2, -0.15) is 0 Å². The highest BCUT2D eigenvalue weighted by Crippen LogP contribution is 2.31. The number of rotatable bonds is 4. The molecule has 0 fully saturated rings. The van der Waals surface area contributed by atoms with Gasteiger partial charge in [-0.1, -0.05) is 18.2 Å². The second-order valence-electron chi connectivity index (χ2n) is 5.59.